The monoisotopic (exact) mass is 315 g/mol. The molecular weight excluding hydrogens is 297 g/mol. The SMILES string of the molecule is C=C(C(OC(=N)C(Cl)(Cl)Cl)C(C)C)[Si](C)(C)C. The van der Waals surface area contributed by atoms with E-state index in [1.54, 1.807) is 0 Å². The van der Waals surface area contributed by atoms with Crippen molar-refractivity contribution < 1.29 is 4.74 Å². The van der Waals surface area contributed by atoms with Crippen molar-refractivity contribution in [1.29, 1.82) is 5.41 Å². The molecule has 0 spiro atoms. The van der Waals surface area contributed by atoms with Crippen LogP contribution >= 0.6 is 34.8 Å². The van der Waals surface area contributed by atoms with E-state index in [0.717, 1.165) is 5.20 Å². The van der Waals surface area contributed by atoms with Gasteiger partial charge in [-0.3, -0.25) is 5.41 Å². The van der Waals surface area contributed by atoms with Crippen molar-refractivity contribution in [1.82, 2.24) is 0 Å². The molecule has 100 valence electrons. The fourth-order valence-corrected chi connectivity index (χ4v) is 2.61. The highest BCUT2D eigenvalue weighted by Gasteiger charge is 2.35. The second-order valence-electron chi connectivity index (χ2n) is 5.38. The first-order valence-corrected chi connectivity index (χ1v) is 10.0. The molecule has 17 heavy (non-hydrogen) atoms. The third-order valence-corrected chi connectivity index (χ3v) is 5.14. The van der Waals surface area contributed by atoms with Crippen molar-refractivity contribution >= 4 is 48.8 Å². The molecule has 0 aliphatic heterocycles. The van der Waals surface area contributed by atoms with Gasteiger partial charge in [0.05, 0.1) is 8.07 Å². The minimum absolute atomic E-state index is 0.182. The number of alkyl halides is 3. The summed E-state index contributed by atoms with van der Waals surface area (Å²) in [5, 5.41) is 8.64. The second kappa shape index (κ2) is 5.96. The van der Waals surface area contributed by atoms with Gasteiger partial charge >= 0.3 is 0 Å². The van der Waals surface area contributed by atoms with Crippen molar-refractivity contribution in [3.05, 3.63) is 11.8 Å². The van der Waals surface area contributed by atoms with Crippen molar-refractivity contribution in [2.24, 2.45) is 5.92 Å². The van der Waals surface area contributed by atoms with Gasteiger partial charge < -0.3 is 4.74 Å². The Morgan fingerprint density at radius 2 is 1.65 bits per heavy atom. The van der Waals surface area contributed by atoms with Crippen LogP contribution in [0.25, 0.3) is 0 Å². The van der Waals surface area contributed by atoms with Crippen LogP contribution in [0.5, 0.6) is 0 Å². The molecule has 0 radical (unpaired) electrons. The van der Waals surface area contributed by atoms with E-state index in [4.69, 9.17) is 44.9 Å². The highest BCUT2D eigenvalue weighted by molar-refractivity contribution is 6.83. The Bertz CT molecular complexity index is 305. The average molecular weight is 317 g/mol. The fraction of sp³-hybridized carbons (Fsp3) is 0.727. The van der Waals surface area contributed by atoms with E-state index in [1.165, 1.54) is 0 Å². The van der Waals surface area contributed by atoms with Crippen LogP contribution in [0.1, 0.15) is 13.8 Å². The van der Waals surface area contributed by atoms with E-state index < -0.39 is 11.9 Å². The molecule has 0 aromatic heterocycles. The van der Waals surface area contributed by atoms with E-state index in [0.29, 0.717) is 0 Å². The van der Waals surface area contributed by atoms with Gasteiger partial charge in [-0.1, -0.05) is 68.3 Å². The molecule has 0 bridgehead atoms. The molecular formula is C11H20Cl3NOSi. The first-order chi connectivity index (χ1) is 7.37. The van der Waals surface area contributed by atoms with Gasteiger partial charge in [0.1, 0.15) is 6.10 Å². The van der Waals surface area contributed by atoms with Crippen LogP contribution in [0, 0.1) is 11.3 Å². The summed E-state index contributed by atoms with van der Waals surface area (Å²) < 4.78 is 3.67. The van der Waals surface area contributed by atoms with Gasteiger partial charge in [-0.25, -0.2) is 0 Å². The standard InChI is InChI=1S/C11H20Cl3NOSi/c1-7(2)9(8(3)17(4,5)6)16-10(15)11(12,13)14/h7,9,15H,3H2,1-2,4-6H3. The van der Waals surface area contributed by atoms with E-state index in [9.17, 15) is 0 Å². The highest BCUT2D eigenvalue weighted by atomic mass is 35.6. The number of hydrogen-bond acceptors (Lipinski definition) is 2. The van der Waals surface area contributed by atoms with E-state index in [2.05, 4.69) is 26.2 Å². The lowest BCUT2D eigenvalue weighted by molar-refractivity contribution is 0.174. The van der Waals surface area contributed by atoms with Crippen LogP contribution in [0.3, 0.4) is 0 Å². The van der Waals surface area contributed by atoms with Crippen LogP contribution in [0.15, 0.2) is 11.8 Å². The first kappa shape index (κ1) is 17.3. The Balaban J connectivity index is 4.92. The molecule has 0 aromatic rings. The molecule has 0 saturated heterocycles. The number of halogens is 3. The molecule has 0 aliphatic carbocycles. The predicted molar refractivity (Wildman–Crippen MR) is 80.2 cm³/mol. The third-order valence-electron chi connectivity index (χ3n) is 2.41. The molecule has 2 nitrogen and oxygen atoms in total. The van der Waals surface area contributed by atoms with Crippen molar-refractivity contribution in [3.8, 4) is 0 Å². The fourth-order valence-electron chi connectivity index (χ4n) is 1.23. The molecule has 1 atom stereocenters. The summed E-state index contributed by atoms with van der Waals surface area (Å²) in [5.41, 5.74) is 0. The Kier molecular flexibility index (Phi) is 6.06. The minimum Gasteiger partial charge on any atom is -0.470 e. The van der Waals surface area contributed by atoms with Crippen LogP contribution in [0.4, 0.5) is 0 Å². The average Bonchev–Trinajstić information content (AvgIpc) is 2.08. The molecule has 1 N–H and O–H groups in total. The number of rotatable bonds is 4. The predicted octanol–water partition coefficient (Wildman–Crippen LogP) is 4.81. The summed E-state index contributed by atoms with van der Waals surface area (Å²) in [6, 6.07) is 0. The molecule has 6 heteroatoms. The zero-order valence-corrected chi connectivity index (χ0v) is 14.2. The van der Waals surface area contributed by atoms with Crippen molar-refractivity contribution in [2.75, 3.05) is 0 Å². The maximum atomic E-state index is 7.62. The van der Waals surface area contributed by atoms with Crippen LogP contribution in [0.2, 0.25) is 19.6 Å². The Hall–Kier alpha value is 0.297. The molecule has 0 aromatic carbocycles. The Labute approximate surface area is 120 Å². The molecule has 1 unspecified atom stereocenters. The summed E-state index contributed by atoms with van der Waals surface area (Å²) in [4.78, 5) is 0. The lowest BCUT2D eigenvalue weighted by atomic mass is 10.1. The largest absolute Gasteiger partial charge is 0.470 e. The third kappa shape index (κ3) is 5.64. The van der Waals surface area contributed by atoms with Gasteiger partial charge in [-0.2, -0.15) is 0 Å². The quantitative estimate of drug-likeness (QED) is 0.343. The van der Waals surface area contributed by atoms with Gasteiger partial charge in [0, 0.05) is 0 Å². The van der Waals surface area contributed by atoms with E-state index in [1.807, 2.05) is 13.8 Å². The molecule has 0 rings (SSSR count). The Morgan fingerprint density at radius 3 is 1.88 bits per heavy atom. The summed E-state index contributed by atoms with van der Waals surface area (Å²) in [6.07, 6.45) is -0.273. The normalized spacial score (nSPS) is 14.6. The first-order valence-electron chi connectivity index (χ1n) is 5.39. The van der Waals surface area contributed by atoms with Gasteiger partial charge in [0.2, 0.25) is 5.90 Å². The molecule has 0 heterocycles. The highest BCUT2D eigenvalue weighted by Crippen LogP contribution is 2.31. The molecule has 0 amide bonds. The van der Waals surface area contributed by atoms with Gasteiger partial charge in [-0.05, 0) is 11.1 Å². The van der Waals surface area contributed by atoms with Gasteiger partial charge in [0.15, 0.2) is 0 Å². The zero-order valence-electron chi connectivity index (χ0n) is 10.9. The van der Waals surface area contributed by atoms with Crippen LogP contribution < -0.4 is 0 Å². The van der Waals surface area contributed by atoms with Gasteiger partial charge in [-0.15, -0.1) is 6.58 Å². The van der Waals surface area contributed by atoms with Crippen LogP contribution in [-0.2, 0) is 4.74 Å². The van der Waals surface area contributed by atoms with Crippen LogP contribution in [-0.4, -0.2) is 23.9 Å². The second-order valence-corrected chi connectivity index (χ2v) is 12.8. The smallest absolute Gasteiger partial charge is 0.265 e. The summed E-state index contributed by atoms with van der Waals surface area (Å²) in [6.45, 7) is 14.6. The molecule has 0 saturated carbocycles. The lowest BCUT2D eigenvalue weighted by Crippen LogP contribution is -2.39. The summed E-state index contributed by atoms with van der Waals surface area (Å²) >= 11 is 16.8. The van der Waals surface area contributed by atoms with Crippen molar-refractivity contribution in [2.45, 2.75) is 43.4 Å². The number of ether oxygens (including phenoxy) is 1. The maximum Gasteiger partial charge on any atom is 0.265 e. The maximum absolute atomic E-state index is 7.62. The van der Waals surface area contributed by atoms with Crippen molar-refractivity contribution in [3.63, 3.8) is 0 Å². The van der Waals surface area contributed by atoms with E-state index >= 15 is 0 Å². The topological polar surface area (TPSA) is 33.1 Å². The van der Waals surface area contributed by atoms with E-state index in [-0.39, 0.29) is 17.9 Å². The Morgan fingerprint density at radius 1 is 1.24 bits per heavy atom. The van der Waals surface area contributed by atoms with Gasteiger partial charge in [0.25, 0.3) is 3.79 Å². The summed E-state index contributed by atoms with van der Waals surface area (Å²) in [5.74, 6) is -0.164. The lowest BCUT2D eigenvalue weighted by Gasteiger charge is -2.32. The zero-order chi connectivity index (χ0) is 14.0. The molecule has 0 aliphatic rings. The molecule has 0 fully saturated rings. The summed E-state index contributed by atoms with van der Waals surface area (Å²) in [7, 11) is -1.56. The number of nitrogens with one attached hydrogen (secondary N) is 1. The number of hydrogen-bond donors (Lipinski definition) is 1. The minimum atomic E-state index is -1.81.